The Kier molecular flexibility index (Phi) is 6.28. The molecule has 0 unspecified atom stereocenters. The van der Waals surface area contributed by atoms with Crippen LogP contribution in [0.25, 0.3) is 0 Å². The molecule has 3 N–H and O–H groups in total. The third-order valence-electron chi connectivity index (χ3n) is 6.01. The number of anilines is 2. The van der Waals surface area contributed by atoms with Crippen LogP contribution in [0.2, 0.25) is 5.02 Å². The summed E-state index contributed by atoms with van der Waals surface area (Å²) in [7, 11) is 0. The van der Waals surface area contributed by atoms with Gasteiger partial charge < -0.3 is 15.8 Å². The van der Waals surface area contributed by atoms with Crippen LogP contribution in [0.1, 0.15) is 37.3 Å². The van der Waals surface area contributed by atoms with Crippen LogP contribution in [0, 0.1) is 0 Å². The lowest BCUT2D eigenvalue weighted by Gasteiger charge is -2.40. The van der Waals surface area contributed by atoms with Gasteiger partial charge >= 0.3 is 6.18 Å². The Morgan fingerprint density at radius 2 is 1.82 bits per heavy atom. The topological polar surface area (TPSA) is 80.0 Å². The number of nitrogens with one attached hydrogen (secondary N) is 1. The second kappa shape index (κ2) is 8.87. The van der Waals surface area contributed by atoms with Gasteiger partial charge in [-0.15, -0.1) is 0 Å². The Hall–Kier alpha value is -2.78. The van der Waals surface area contributed by atoms with Crippen LogP contribution < -0.4 is 11.1 Å². The second-order valence-corrected chi connectivity index (χ2v) is 8.74. The molecule has 6 nitrogen and oxygen atoms in total. The molecule has 4 rings (SSSR count). The highest BCUT2D eigenvalue weighted by Gasteiger charge is 2.42. The zero-order chi connectivity index (χ0) is 23.8. The number of guanidine groups is 1. The standard InChI is InChI=1S/C23H24ClF3N4O2/c1-22(13-19(32)31(21(28)30-22)14-9-11-33-12-10-14)16-6-4-8-18(20(16)24)29-17-7-3-2-5-15(17)23(25,26)27/h2-8,14,29H,9-13H2,1H3,(H2,28,30)/t22-/m0/s1. The summed E-state index contributed by atoms with van der Waals surface area (Å²) in [5.74, 6) is -0.0637. The second-order valence-electron chi connectivity index (χ2n) is 8.36. The van der Waals surface area contributed by atoms with Crippen LogP contribution in [-0.4, -0.2) is 36.0 Å². The molecule has 2 aromatic rings. The number of benzene rings is 2. The number of hydrogen-bond acceptors (Lipinski definition) is 5. The number of amides is 1. The molecule has 176 valence electrons. The van der Waals surface area contributed by atoms with Crippen molar-refractivity contribution in [1.29, 1.82) is 0 Å². The fraction of sp³-hybridized carbons (Fsp3) is 0.391. The van der Waals surface area contributed by atoms with E-state index in [0.717, 1.165) is 6.07 Å². The summed E-state index contributed by atoms with van der Waals surface area (Å²) in [6.07, 6.45) is -3.13. The van der Waals surface area contributed by atoms with E-state index in [-0.39, 0.29) is 40.7 Å². The summed E-state index contributed by atoms with van der Waals surface area (Å²) in [6, 6.07) is 10.0. The zero-order valence-corrected chi connectivity index (χ0v) is 18.7. The van der Waals surface area contributed by atoms with Crippen molar-refractivity contribution in [2.24, 2.45) is 10.7 Å². The van der Waals surface area contributed by atoms with E-state index in [2.05, 4.69) is 10.3 Å². The first-order chi connectivity index (χ1) is 15.6. The molecule has 0 bridgehead atoms. The maximum Gasteiger partial charge on any atom is 0.418 e. The number of nitrogens with two attached hydrogens (primary N) is 1. The van der Waals surface area contributed by atoms with Gasteiger partial charge in [0, 0.05) is 24.8 Å². The molecule has 0 aromatic heterocycles. The van der Waals surface area contributed by atoms with E-state index >= 15 is 0 Å². The van der Waals surface area contributed by atoms with E-state index in [0.29, 0.717) is 31.6 Å². The maximum absolute atomic E-state index is 13.4. The van der Waals surface area contributed by atoms with Gasteiger partial charge in [0.15, 0.2) is 5.96 Å². The quantitative estimate of drug-likeness (QED) is 0.642. The van der Waals surface area contributed by atoms with Crippen LogP contribution in [0.5, 0.6) is 0 Å². The highest BCUT2D eigenvalue weighted by atomic mass is 35.5. The number of rotatable bonds is 4. The van der Waals surface area contributed by atoms with Gasteiger partial charge in [-0.3, -0.25) is 9.69 Å². The van der Waals surface area contributed by atoms with Crippen molar-refractivity contribution in [2.45, 2.75) is 43.9 Å². The van der Waals surface area contributed by atoms with Crippen LogP contribution in [0.4, 0.5) is 24.5 Å². The number of ether oxygens (including phenoxy) is 1. The summed E-state index contributed by atoms with van der Waals surface area (Å²) in [5.41, 5.74) is 5.02. The third-order valence-corrected chi connectivity index (χ3v) is 6.42. The van der Waals surface area contributed by atoms with Gasteiger partial charge in [-0.05, 0) is 38.0 Å². The average Bonchev–Trinajstić information content (AvgIpc) is 2.75. The maximum atomic E-state index is 13.4. The number of alkyl halides is 3. The fourth-order valence-corrected chi connectivity index (χ4v) is 4.75. The van der Waals surface area contributed by atoms with Crippen molar-refractivity contribution in [3.63, 3.8) is 0 Å². The van der Waals surface area contributed by atoms with Crippen LogP contribution in [0.15, 0.2) is 47.5 Å². The molecule has 0 aliphatic carbocycles. The van der Waals surface area contributed by atoms with Gasteiger partial charge in [0.25, 0.3) is 0 Å². The smallest absolute Gasteiger partial charge is 0.381 e. The first kappa shape index (κ1) is 23.4. The Labute approximate surface area is 194 Å². The Bertz CT molecular complexity index is 1090. The lowest BCUT2D eigenvalue weighted by Crippen LogP contribution is -2.55. The molecule has 0 saturated carbocycles. The van der Waals surface area contributed by atoms with E-state index in [4.69, 9.17) is 22.1 Å². The van der Waals surface area contributed by atoms with E-state index in [1.807, 2.05) is 0 Å². The Morgan fingerprint density at radius 3 is 2.48 bits per heavy atom. The van der Waals surface area contributed by atoms with Gasteiger partial charge in [0.2, 0.25) is 5.91 Å². The van der Waals surface area contributed by atoms with Crippen molar-refractivity contribution < 1.29 is 22.7 Å². The van der Waals surface area contributed by atoms with E-state index in [1.165, 1.54) is 23.1 Å². The van der Waals surface area contributed by atoms with Crippen molar-refractivity contribution in [2.75, 3.05) is 18.5 Å². The summed E-state index contributed by atoms with van der Waals surface area (Å²) in [5, 5.41) is 2.97. The van der Waals surface area contributed by atoms with Crippen LogP contribution in [-0.2, 0) is 21.2 Å². The largest absolute Gasteiger partial charge is 0.418 e. The first-order valence-corrected chi connectivity index (χ1v) is 11.0. The summed E-state index contributed by atoms with van der Waals surface area (Å²) in [6.45, 7) is 2.85. The van der Waals surface area contributed by atoms with Crippen molar-refractivity contribution in [1.82, 2.24) is 4.90 Å². The average molecular weight is 481 g/mol. The van der Waals surface area contributed by atoms with Gasteiger partial charge in [0.1, 0.15) is 0 Å². The van der Waals surface area contributed by atoms with Crippen LogP contribution in [0.3, 0.4) is 0 Å². The van der Waals surface area contributed by atoms with E-state index < -0.39 is 17.3 Å². The van der Waals surface area contributed by atoms with Crippen molar-refractivity contribution in [3.05, 3.63) is 58.6 Å². The molecule has 2 aliphatic rings. The van der Waals surface area contributed by atoms with Gasteiger partial charge in [-0.1, -0.05) is 35.9 Å². The SMILES string of the molecule is C[C@@]1(c2cccc(Nc3ccccc3C(F)(F)F)c2Cl)CC(=O)N(C2CCOCC2)C(N)=N1. The number of carbonyl (C=O) groups excluding carboxylic acids is 1. The number of halogens is 4. The van der Waals surface area contributed by atoms with Gasteiger partial charge in [0.05, 0.1) is 33.9 Å². The van der Waals surface area contributed by atoms with Gasteiger partial charge in [-0.2, -0.15) is 13.2 Å². The lowest BCUT2D eigenvalue weighted by atomic mass is 9.86. The molecule has 0 radical (unpaired) electrons. The van der Waals surface area contributed by atoms with E-state index in [9.17, 15) is 18.0 Å². The number of hydrogen-bond donors (Lipinski definition) is 2. The number of nitrogens with zero attached hydrogens (tertiary/aromatic N) is 2. The number of aliphatic imine (C=N–C) groups is 1. The monoisotopic (exact) mass is 480 g/mol. The summed E-state index contributed by atoms with van der Waals surface area (Å²) in [4.78, 5) is 19.2. The van der Waals surface area contributed by atoms with Crippen molar-refractivity contribution >= 4 is 34.8 Å². The van der Waals surface area contributed by atoms with Gasteiger partial charge in [-0.25, -0.2) is 4.99 Å². The molecule has 1 amide bonds. The molecular weight excluding hydrogens is 457 g/mol. The normalized spacial score (nSPS) is 22.3. The molecule has 10 heteroatoms. The molecule has 33 heavy (non-hydrogen) atoms. The molecule has 2 heterocycles. The Balaban J connectivity index is 1.67. The number of carbonyl (C=O) groups is 1. The highest BCUT2D eigenvalue weighted by Crippen LogP contribution is 2.43. The molecule has 1 fully saturated rings. The highest BCUT2D eigenvalue weighted by molar-refractivity contribution is 6.34. The number of para-hydroxylation sites is 1. The minimum absolute atomic E-state index is 0.0351. The van der Waals surface area contributed by atoms with Crippen LogP contribution >= 0.6 is 11.6 Å². The molecule has 1 atom stereocenters. The summed E-state index contributed by atoms with van der Waals surface area (Å²) < 4.78 is 45.6. The molecular formula is C23H24ClF3N4O2. The Morgan fingerprint density at radius 1 is 1.15 bits per heavy atom. The third kappa shape index (κ3) is 4.65. The van der Waals surface area contributed by atoms with Crippen molar-refractivity contribution in [3.8, 4) is 0 Å². The molecule has 2 aromatic carbocycles. The fourth-order valence-electron chi connectivity index (χ4n) is 4.37. The lowest BCUT2D eigenvalue weighted by molar-refractivity contribution is -0.137. The molecule has 0 spiro atoms. The predicted octanol–water partition coefficient (Wildman–Crippen LogP) is 5.04. The molecule has 1 saturated heterocycles. The predicted molar refractivity (Wildman–Crippen MR) is 120 cm³/mol. The summed E-state index contributed by atoms with van der Waals surface area (Å²) >= 11 is 6.63. The zero-order valence-electron chi connectivity index (χ0n) is 18.0. The first-order valence-electron chi connectivity index (χ1n) is 10.6. The minimum Gasteiger partial charge on any atom is -0.381 e. The molecule has 2 aliphatic heterocycles. The minimum atomic E-state index is -4.53. The van der Waals surface area contributed by atoms with E-state index in [1.54, 1.807) is 25.1 Å².